The molecule has 0 aliphatic rings. The summed E-state index contributed by atoms with van der Waals surface area (Å²) in [5.41, 5.74) is 0. The molecule has 1 aromatic heterocycles. The van der Waals surface area contributed by atoms with E-state index in [4.69, 9.17) is 10.7 Å². The third-order valence-corrected chi connectivity index (χ3v) is 3.54. The van der Waals surface area contributed by atoms with Crippen LogP contribution in [0.3, 0.4) is 0 Å². The minimum Gasteiger partial charge on any atom is -0.296 e. The molecule has 1 atom stereocenters. The van der Waals surface area contributed by atoms with E-state index in [9.17, 15) is 0 Å². The molecule has 1 aromatic rings. The van der Waals surface area contributed by atoms with E-state index in [1.807, 2.05) is 6.92 Å². The van der Waals surface area contributed by atoms with Crippen molar-refractivity contribution in [1.29, 1.82) is 0 Å². The Morgan fingerprint density at radius 1 is 1.73 bits per heavy atom. The van der Waals surface area contributed by atoms with Crippen LogP contribution < -0.4 is 5.90 Å². The Morgan fingerprint density at radius 3 is 2.73 bits per heavy atom. The van der Waals surface area contributed by atoms with Crippen LogP contribution in [-0.4, -0.2) is 0 Å². The van der Waals surface area contributed by atoms with E-state index < -0.39 is 0 Å². The second kappa shape index (κ2) is 3.67. The highest BCUT2D eigenvalue weighted by Crippen LogP contribution is 2.32. The van der Waals surface area contributed by atoms with Gasteiger partial charge in [-0.25, -0.2) is 5.90 Å². The van der Waals surface area contributed by atoms with E-state index in [-0.39, 0.29) is 6.10 Å². The molecule has 0 aliphatic carbocycles. The summed E-state index contributed by atoms with van der Waals surface area (Å²) < 4.78 is 1.08. The van der Waals surface area contributed by atoms with E-state index >= 15 is 0 Å². The topological polar surface area (TPSA) is 35.2 Å². The molecular formula is C7H10BrNOS. The van der Waals surface area contributed by atoms with Gasteiger partial charge in [0.2, 0.25) is 0 Å². The maximum atomic E-state index is 5.07. The summed E-state index contributed by atoms with van der Waals surface area (Å²) in [5, 5.41) is 0. The maximum Gasteiger partial charge on any atom is 0.111 e. The van der Waals surface area contributed by atoms with Gasteiger partial charge in [-0.05, 0) is 35.8 Å². The molecule has 4 heteroatoms. The second-order valence-corrected chi connectivity index (χ2v) is 4.49. The predicted octanol–water partition coefficient (Wildman–Crippen LogP) is 2.77. The predicted molar refractivity (Wildman–Crippen MR) is 50.4 cm³/mol. The monoisotopic (exact) mass is 235 g/mol. The summed E-state index contributed by atoms with van der Waals surface area (Å²) in [5.74, 6) is 5.07. The Labute approximate surface area is 78.4 Å². The number of hydrogen-bond acceptors (Lipinski definition) is 3. The van der Waals surface area contributed by atoms with Crippen molar-refractivity contribution < 1.29 is 4.84 Å². The highest BCUT2D eigenvalue weighted by atomic mass is 79.9. The van der Waals surface area contributed by atoms with Crippen LogP contribution in [0, 0.1) is 6.92 Å². The van der Waals surface area contributed by atoms with E-state index in [1.54, 1.807) is 11.3 Å². The zero-order chi connectivity index (χ0) is 8.43. The van der Waals surface area contributed by atoms with Gasteiger partial charge < -0.3 is 0 Å². The molecule has 0 fully saturated rings. The van der Waals surface area contributed by atoms with Gasteiger partial charge in [-0.15, -0.1) is 11.3 Å². The number of halogens is 1. The average molecular weight is 236 g/mol. The molecule has 0 bridgehead atoms. The molecule has 0 spiro atoms. The van der Waals surface area contributed by atoms with Crippen LogP contribution in [-0.2, 0) is 4.84 Å². The van der Waals surface area contributed by atoms with Gasteiger partial charge in [0.1, 0.15) is 6.10 Å². The second-order valence-electron chi connectivity index (χ2n) is 2.35. The number of thiophene rings is 1. The summed E-state index contributed by atoms with van der Waals surface area (Å²) in [6.07, 6.45) is -0.0249. The fraction of sp³-hybridized carbons (Fsp3) is 0.429. The van der Waals surface area contributed by atoms with E-state index in [0.717, 1.165) is 9.35 Å². The van der Waals surface area contributed by atoms with Gasteiger partial charge in [-0.3, -0.25) is 4.84 Å². The fourth-order valence-corrected chi connectivity index (χ4v) is 2.80. The molecule has 1 unspecified atom stereocenters. The van der Waals surface area contributed by atoms with Crippen LogP contribution >= 0.6 is 27.3 Å². The van der Waals surface area contributed by atoms with Crippen LogP contribution in [0.5, 0.6) is 0 Å². The molecule has 0 radical (unpaired) electrons. The van der Waals surface area contributed by atoms with Crippen LogP contribution in [0.15, 0.2) is 10.5 Å². The van der Waals surface area contributed by atoms with Gasteiger partial charge in [0.15, 0.2) is 0 Å². The van der Waals surface area contributed by atoms with Crippen molar-refractivity contribution in [3.05, 3.63) is 20.3 Å². The summed E-state index contributed by atoms with van der Waals surface area (Å²) in [4.78, 5) is 7.11. The van der Waals surface area contributed by atoms with Crippen molar-refractivity contribution in [1.82, 2.24) is 0 Å². The third kappa shape index (κ3) is 2.02. The lowest BCUT2D eigenvalue weighted by atomic mass is 10.3. The zero-order valence-electron chi connectivity index (χ0n) is 6.43. The van der Waals surface area contributed by atoms with Crippen molar-refractivity contribution in [2.45, 2.75) is 20.0 Å². The molecule has 0 aromatic carbocycles. The Morgan fingerprint density at radius 2 is 2.36 bits per heavy atom. The molecule has 0 saturated heterocycles. The third-order valence-electron chi connectivity index (χ3n) is 1.41. The van der Waals surface area contributed by atoms with Crippen LogP contribution in [0.2, 0.25) is 0 Å². The van der Waals surface area contributed by atoms with Crippen molar-refractivity contribution in [3.8, 4) is 0 Å². The number of aryl methyl sites for hydroxylation is 1. The van der Waals surface area contributed by atoms with E-state index in [0.29, 0.717) is 0 Å². The fourth-order valence-electron chi connectivity index (χ4n) is 0.840. The van der Waals surface area contributed by atoms with Gasteiger partial charge in [0.05, 0.1) is 0 Å². The molecule has 1 rings (SSSR count). The molecule has 0 saturated carbocycles. The smallest absolute Gasteiger partial charge is 0.111 e. The van der Waals surface area contributed by atoms with Gasteiger partial charge in [0, 0.05) is 14.2 Å². The first kappa shape index (κ1) is 9.19. The molecule has 11 heavy (non-hydrogen) atoms. The standard InChI is InChI=1S/C7H10BrNOS/c1-4-3-6(8)7(11-4)5(2)10-9/h3,5H,9H2,1-2H3. The first-order chi connectivity index (χ1) is 5.15. The molecular weight excluding hydrogens is 226 g/mol. The first-order valence-electron chi connectivity index (χ1n) is 3.26. The number of hydrogen-bond donors (Lipinski definition) is 1. The lowest BCUT2D eigenvalue weighted by Crippen LogP contribution is -2.03. The highest BCUT2D eigenvalue weighted by Gasteiger charge is 2.11. The molecule has 2 nitrogen and oxygen atoms in total. The Hall–Kier alpha value is 0.1000. The number of nitrogens with two attached hydrogens (primary N) is 1. The van der Waals surface area contributed by atoms with Crippen molar-refractivity contribution in [2.75, 3.05) is 0 Å². The zero-order valence-corrected chi connectivity index (χ0v) is 8.83. The quantitative estimate of drug-likeness (QED) is 0.801. The van der Waals surface area contributed by atoms with Crippen molar-refractivity contribution in [2.24, 2.45) is 5.90 Å². The minimum atomic E-state index is -0.0249. The molecule has 0 aliphatic heterocycles. The maximum absolute atomic E-state index is 5.07. The summed E-state index contributed by atoms with van der Waals surface area (Å²) in [6, 6.07) is 2.06. The van der Waals surface area contributed by atoms with Gasteiger partial charge in [-0.1, -0.05) is 0 Å². The molecule has 2 N–H and O–H groups in total. The summed E-state index contributed by atoms with van der Waals surface area (Å²) in [7, 11) is 0. The SMILES string of the molecule is Cc1cc(Br)c(C(C)ON)s1. The minimum absolute atomic E-state index is 0.0249. The highest BCUT2D eigenvalue weighted by molar-refractivity contribution is 9.10. The van der Waals surface area contributed by atoms with Crippen molar-refractivity contribution >= 4 is 27.3 Å². The summed E-state index contributed by atoms with van der Waals surface area (Å²) >= 11 is 5.13. The molecule has 0 amide bonds. The Balaban J connectivity index is 2.93. The first-order valence-corrected chi connectivity index (χ1v) is 4.87. The molecule has 62 valence electrons. The van der Waals surface area contributed by atoms with Crippen molar-refractivity contribution in [3.63, 3.8) is 0 Å². The van der Waals surface area contributed by atoms with Crippen LogP contribution in [0.4, 0.5) is 0 Å². The van der Waals surface area contributed by atoms with Gasteiger partial charge in [0.25, 0.3) is 0 Å². The lowest BCUT2D eigenvalue weighted by Gasteiger charge is -2.05. The normalized spacial score (nSPS) is 13.5. The largest absolute Gasteiger partial charge is 0.296 e. The number of rotatable bonds is 2. The van der Waals surface area contributed by atoms with E-state index in [1.165, 1.54) is 4.88 Å². The molecule has 1 heterocycles. The van der Waals surface area contributed by atoms with E-state index in [2.05, 4.69) is 28.9 Å². The average Bonchev–Trinajstić information content (AvgIpc) is 2.28. The summed E-state index contributed by atoms with van der Waals surface area (Å²) in [6.45, 7) is 3.98. The van der Waals surface area contributed by atoms with Crippen LogP contribution in [0.1, 0.15) is 22.8 Å². The van der Waals surface area contributed by atoms with Crippen LogP contribution in [0.25, 0.3) is 0 Å². The Bertz CT molecular complexity index is 249. The lowest BCUT2D eigenvalue weighted by molar-refractivity contribution is 0.0684. The Kier molecular flexibility index (Phi) is 3.06. The van der Waals surface area contributed by atoms with Gasteiger partial charge in [-0.2, -0.15) is 0 Å². The van der Waals surface area contributed by atoms with Gasteiger partial charge >= 0.3 is 0 Å².